The van der Waals surface area contributed by atoms with Crippen molar-refractivity contribution in [1.29, 1.82) is 0 Å². The number of thioether (sulfide) groups is 1. The lowest BCUT2D eigenvalue weighted by Gasteiger charge is -2.37. The van der Waals surface area contributed by atoms with E-state index in [2.05, 4.69) is 31.2 Å². The van der Waals surface area contributed by atoms with E-state index in [1.165, 1.54) is 28.6 Å². The van der Waals surface area contributed by atoms with Crippen molar-refractivity contribution in [1.82, 2.24) is 9.55 Å². The van der Waals surface area contributed by atoms with Gasteiger partial charge in [-0.2, -0.15) is 0 Å². The number of nitrogens with zero attached hydrogens (tertiary/aromatic N) is 1. The van der Waals surface area contributed by atoms with E-state index in [0.717, 1.165) is 0 Å². The van der Waals surface area contributed by atoms with Crippen molar-refractivity contribution in [3.8, 4) is 5.75 Å². The summed E-state index contributed by atoms with van der Waals surface area (Å²) >= 11 is 1.47. The monoisotopic (exact) mass is 508 g/mol. The van der Waals surface area contributed by atoms with E-state index in [1.807, 2.05) is 0 Å². The van der Waals surface area contributed by atoms with E-state index < -0.39 is 50.5 Å². The number of H-pyrrole nitrogens is 1. The summed E-state index contributed by atoms with van der Waals surface area (Å²) in [5.74, 6) is 0.112. The van der Waals surface area contributed by atoms with E-state index >= 15 is 0 Å². The molecule has 0 saturated carbocycles. The second-order valence-electron chi connectivity index (χ2n) is 9.10. The molecule has 1 aromatic carbocycles. The summed E-state index contributed by atoms with van der Waals surface area (Å²) in [5, 5.41) is -0.689. The van der Waals surface area contributed by atoms with Gasteiger partial charge in [0.1, 0.15) is 11.1 Å². The van der Waals surface area contributed by atoms with Crippen molar-refractivity contribution >= 4 is 33.4 Å². The van der Waals surface area contributed by atoms with Gasteiger partial charge in [0.15, 0.2) is 6.10 Å². The molecule has 33 heavy (non-hydrogen) atoms. The molecule has 2 aromatic rings. The van der Waals surface area contributed by atoms with Crippen molar-refractivity contribution in [3.05, 3.63) is 62.9 Å². The highest BCUT2D eigenvalue weighted by Gasteiger charge is 2.57. The Hall–Kier alpha value is -2.13. The average molecular weight is 509 g/mol. The molecule has 4 atom stereocenters. The Morgan fingerprint density at radius 1 is 1.12 bits per heavy atom. The first-order valence-corrected chi connectivity index (χ1v) is 18.4. The van der Waals surface area contributed by atoms with Gasteiger partial charge in [0.25, 0.3) is 5.56 Å². The Morgan fingerprint density at radius 2 is 1.82 bits per heavy atom. The highest BCUT2D eigenvalue weighted by atomic mass is 32.2. The molecule has 2 aliphatic rings. The number of methoxy groups -OCH3 is 1. The highest BCUT2D eigenvalue weighted by Crippen LogP contribution is 2.48. The summed E-state index contributed by atoms with van der Waals surface area (Å²) in [6.07, 6.45) is 0.258. The van der Waals surface area contributed by atoms with Crippen LogP contribution in [0.15, 0.2) is 46.1 Å². The van der Waals surface area contributed by atoms with Gasteiger partial charge in [-0.25, -0.2) is 9.59 Å². The van der Waals surface area contributed by atoms with Gasteiger partial charge in [-0.3, -0.25) is 14.3 Å². The van der Waals surface area contributed by atoms with Crippen LogP contribution in [-0.4, -0.2) is 62.4 Å². The van der Waals surface area contributed by atoms with Crippen LogP contribution in [0, 0.1) is 0 Å². The van der Waals surface area contributed by atoms with Crippen LogP contribution in [0.5, 0.6) is 5.75 Å². The number of rotatable bonds is 4. The summed E-state index contributed by atoms with van der Waals surface area (Å²) in [6, 6.07) is 7.92. The third-order valence-corrected chi connectivity index (χ3v) is 22.1. The fourth-order valence-corrected chi connectivity index (χ4v) is 10.3. The summed E-state index contributed by atoms with van der Waals surface area (Å²) in [5.41, 5.74) is -0.678. The summed E-state index contributed by atoms with van der Waals surface area (Å²) in [7, 11) is -2.75. The van der Waals surface area contributed by atoms with Gasteiger partial charge in [-0.1, -0.05) is 0 Å². The number of hydrogen-bond acceptors (Lipinski definition) is 8. The molecule has 4 rings (SSSR count). The number of nitrogens with one attached hydrogen (secondary N) is 1. The smallest absolute Gasteiger partial charge is 0.338 e. The summed E-state index contributed by atoms with van der Waals surface area (Å²) in [6.45, 7) is 9.04. The van der Waals surface area contributed by atoms with E-state index in [4.69, 9.17) is 18.3 Å². The highest BCUT2D eigenvalue weighted by molar-refractivity contribution is 8.00. The van der Waals surface area contributed by atoms with Crippen LogP contribution in [0.25, 0.3) is 0 Å². The molecule has 12 heteroatoms. The normalized spacial score (nSPS) is 27.9. The van der Waals surface area contributed by atoms with Crippen molar-refractivity contribution in [2.75, 3.05) is 13.7 Å². The number of ether oxygens (including phenoxy) is 2. The van der Waals surface area contributed by atoms with Gasteiger partial charge < -0.3 is 18.3 Å². The van der Waals surface area contributed by atoms with Crippen molar-refractivity contribution in [2.45, 2.75) is 49.0 Å². The summed E-state index contributed by atoms with van der Waals surface area (Å²) in [4.78, 5) is 39.6. The Morgan fingerprint density at radius 3 is 2.45 bits per heavy atom. The van der Waals surface area contributed by atoms with Crippen molar-refractivity contribution in [2.24, 2.45) is 0 Å². The number of benzene rings is 1. The molecule has 3 heterocycles. The van der Waals surface area contributed by atoms with E-state index in [-0.39, 0.29) is 5.25 Å². The maximum atomic E-state index is 13.1. The van der Waals surface area contributed by atoms with Crippen molar-refractivity contribution in [3.63, 3.8) is 0 Å². The van der Waals surface area contributed by atoms with Crippen LogP contribution in [0.3, 0.4) is 0 Å². The molecular formula is C21H28N2O7SSi2. The average Bonchev–Trinajstić information content (AvgIpc) is 3.04. The van der Waals surface area contributed by atoms with E-state index in [0.29, 0.717) is 17.9 Å². The predicted molar refractivity (Wildman–Crippen MR) is 130 cm³/mol. The molecule has 0 spiro atoms. The van der Waals surface area contributed by atoms with Crippen LogP contribution < -0.4 is 16.0 Å². The quantitative estimate of drug-likeness (QED) is 0.495. The molecule has 0 amide bonds. The Labute approximate surface area is 197 Å². The minimum Gasteiger partial charge on any atom is -0.497 e. The zero-order valence-electron chi connectivity index (χ0n) is 19.2. The predicted octanol–water partition coefficient (Wildman–Crippen LogP) is 2.29. The standard InChI is InChI=1S/C21H28N2O7SSi2/c1-27-14-8-6-13(7-9-14)20(25)29-18-17-15(12-28-32(2,3)33(4,5)30-17)31-19(18)23-11-10-16(24)22-21(23)26/h6-11,15,17-19H,12H2,1-5H3,(H,22,24,26)/t15-,17-,18-,19-/m1/s1. The molecule has 1 N–H and O–H groups in total. The first-order chi connectivity index (χ1) is 15.5. The first-order valence-electron chi connectivity index (χ1n) is 10.7. The fraction of sp³-hybridized carbons (Fsp3) is 0.476. The maximum absolute atomic E-state index is 13.1. The third kappa shape index (κ3) is 4.62. The van der Waals surface area contributed by atoms with Gasteiger partial charge >= 0.3 is 11.7 Å². The number of carbonyl (C=O) groups excluding carboxylic acids is 1. The number of aromatic amines is 1. The van der Waals surface area contributed by atoms with Gasteiger partial charge in [-0.05, 0) is 50.5 Å². The second kappa shape index (κ2) is 8.91. The topological polar surface area (TPSA) is 109 Å². The number of esters is 1. The minimum atomic E-state index is -2.24. The molecule has 0 bridgehead atoms. The molecule has 1 aromatic heterocycles. The molecule has 0 radical (unpaired) electrons. The van der Waals surface area contributed by atoms with Crippen molar-refractivity contribution < 1.29 is 23.1 Å². The Balaban J connectivity index is 1.70. The first kappa shape index (κ1) is 24.0. The lowest BCUT2D eigenvalue weighted by Crippen LogP contribution is -2.59. The third-order valence-electron chi connectivity index (χ3n) is 6.47. The van der Waals surface area contributed by atoms with Gasteiger partial charge in [0, 0.05) is 18.9 Å². The molecule has 2 fully saturated rings. The number of aromatic nitrogens is 2. The zero-order chi connectivity index (χ0) is 24.0. The van der Waals surface area contributed by atoms with E-state index in [1.54, 1.807) is 31.4 Å². The fourth-order valence-electron chi connectivity index (χ4n) is 3.83. The van der Waals surface area contributed by atoms with Gasteiger partial charge in [-0.15, -0.1) is 11.8 Å². The Bertz CT molecular complexity index is 1150. The molecule has 2 saturated heterocycles. The van der Waals surface area contributed by atoms with Crippen LogP contribution in [0.2, 0.25) is 26.2 Å². The number of hydrogen-bond donors (Lipinski definition) is 1. The van der Waals surface area contributed by atoms with Gasteiger partial charge in [0.05, 0.1) is 24.0 Å². The van der Waals surface area contributed by atoms with Crippen LogP contribution in [0.1, 0.15) is 15.7 Å². The molecule has 9 nitrogen and oxygen atoms in total. The second-order valence-corrected chi connectivity index (χ2v) is 24.2. The maximum Gasteiger partial charge on any atom is 0.338 e. The zero-order valence-corrected chi connectivity index (χ0v) is 22.0. The van der Waals surface area contributed by atoms with Crippen LogP contribution in [0.4, 0.5) is 0 Å². The van der Waals surface area contributed by atoms with Crippen LogP contribution in [-0.2, 0) is 13.6 Å². The van der Waals surface area contributed by atoms with Crippen LogP contribution >= 0.6 is 11.8 Å². The van der Waals surface area contributed by atoms with Gasteiger partial charge in [0.2, 0.25) is 15.7 Å². The summed E-state index contributed by atoms with van der Waals surface area (Å²) < 4.78 is 25.7. The molecule has 0 aliphatic carbocycles. The lowest BCUT2D eigenvalue weighted by atomic mass is 10.1. The molecule has 0 unspecified atom stereocenters. The SMILES string of the molecule is COc1ccc(C(=O)O[C@@H]2[C@@H]3O[Si](C)(C)[Si](C)(C)OC[C@H]3S[C@H]2n2ccc(=O)[nH]c2=O)cc1. The Kier molecular flexibility index (Phi) is 6.48. The lowest BCUT2D eigenvalue weighted by molar-refractivity contribution is -0.0138. The largest absolute Gasteiger partial charge is 0.497 e. The number of fused-ring (bicyclic) bond motifs is 1. The minimum absolute atomic E-state index is 0.122. The number of carbonyl (C=O) groups is 1. The molecule has 2 aliphatic heterocycles. The van der Waals surface area contributed by atoms with E-state index in [9.17, 15) is 14.4 Å². The molecular weight excluding hydrogens is 480 g/mol. The molecule has 178 valence electrons.